The lowest BCUT2D eigenvalue weighted by Crippen LogP contribution is -2.07. The van der Waals surface area contributed by atoms with Crippen LogP contribution in [0.5, 0.6) is 0 Å². The molecule has 0 unspecified atom stereocenters. The van der Waals surface area contributed by atoms with E-state index in [-0.39, 0.29) is 6.04 Å². The quantitative estimate of drug-likeness (QED) is 0.705. The van der Waals surface area contributed by atoms with Gasteiger partial charge in [-0.05, 0) is 11.6 Å². The fraction of sp³-hybridized carbons (Fsp3) is 0.111. The lowest BCUT2D eigenvalue weighted by atomic mass is 10.1. The molecule has 0 amide bonds. The summed E-state index contributed by atoms with van der Waals surface area (Å²) in [6.45, 7) is 0. The van der Waals surface area contributed by atoms with Crippen molar-refractivity contribution >= 4 is 15.9 Å². The van der Waals surface area contributed by atoms with Gasteiger partial charge in [-0.25, -0.2) is 0 Å². The van der Waals surface area contributed by atoms with E-state index in [4.69, 9.17) is 12.2 Å². The molecule has 0 aliphatic heterocycles. The molecule has 1 atom stereocenters. The number of hydrogen-bond acceptors (Lipinski definition) is 1. The first-order chi connectivity index (χ1) is 5.25. The van der Waals surface area contributed by atoms with Gasteiger partial charge in [-0.1, -0.05) is 40.0 Å². The van der Waals surface area contributed by atoms with E-state index in [0.717, 1.165) is 10.0 Å². The van der Waals surface area contributed by atoms with Gasteiger partial charge in [0.2, 0.25) is 0 Å². The minimum Gasteiger partial charge on any atom is -0.314 e. The predicted molar refractivity (Wildman–Crippen MR) is 49.9 cm³/mol. The monoisotopic (exact) mass is 209 g/mol. The third-order valence-corrected chi connectivity index (χ3v) is 2.14. The van der Waals surface area contributed by atoms with Gasteiger partial charge in [-0.2, -0.15) is 0 Å². The molecule has 0 saturated heterocycles. The van der Waals surface area contributed by atoms with Crippen LogP contribution in [-0.2, 0) is 0 Å². The molecule has 0 aromatic heterocycles. The minimum absolute atomic E-state index is 0.314. The Bertz CT molecular complexity index is 288. The second-order valence-electron chi connectivity index (χ2n) is 2.17. The minimum atomic E-state index is -0.314. The van der Waals surface area contributed by atoms with E-state index in [0.29, 0.717) is 0 Å². The van der Waals surface area contributed by atoms with E-state index in [2.05, 4.69) is 21.9 Å². The number of terminal acetylenes is 1. The molecule has 0 saturated carbocycles. The molecule has 56 valence electrons. The van der Waals surface area contributed by atoms with E-state index in [9.17, 15) is 0 Å². The fourth-order valence-electron chi connectivity index (χ4n) is 0.817. The third-order valence-electron chi connectivity index (χ3n) is 1.42. The van der Waals surface area contributed by atoms with Crippen molar-refractivity contribution < 1.29 is 0 Å². The Labute approximate surface area is 74.7 Å². The number of benzene rings is 1. The summed E-state index contributed by atoms with van der Waals surface area (Å²) >= 11 is 3.36. The Balaban J connectivity index is 3.05. The highest BCUT2D eigenvalue weighted by Gasteiger charge is 2.03. The Morgan fingerprint density at radius 2 is 2.09 bits per heavy atom. The maximum atomic E-state index is 5.63. The van der Waals surface area contributed by atoms with Crippen molar-refractivity contribution in [1.29, 1.82) is 0 Å². The van der Waals surface area contributed by atoms with E-state index in [1.165, 1.54) is 0 Å². The van der Waals surface area contributed by atoms with Gasteiger partial charge in [0.05, 0.1) is 6.04 Å². The first-order valence-electron chi connectivity index (χ1n) is 3.22. The summed E-state index contributed by atoms with van der Waals surface area (Å²) in [7, 11) is 0. The molecule has 1 aromatic rings. The van der Waals surface area contributed by atoms with E-state index < -0.39 is 0 Å². The zero-order chi connectivity index (χ0) is 8.27. The summed E-state index contributed by atoms with van der Waals surface area (Å²) in [5, 5.41) is 0. The SMILES string of the molecule is C#C[C@@H](N)c1ccccc1Br. The molecule has 1 rings (SSSR count). The zero-order valence-corrected chi connectivity index (χ0v) is 7.51. The summed E-state index contributed by atoms with van der Waals surface area (Å²) in [6, 6.07) is 7.36. The first-order valence-corrected chi connectivity index (χ1v) is 4.01. The van der Waals surface area contributed by atoms with Crippen LogP contribution in [0, 0.1) is 12.3 Å². The molecule has 0 radical (unpaired) electrons. The predicted octanol–water partition coefficient (Wildman–Crippen LogP) is 2.08. The van der Waals surface area contributed by atoms with Crippen LogP contribution in [0.1, 0.15) is 11.6 Å². The summed E-state index contributed by atoms with van der Waals surface area (Å²) in [5.41, 5.74) is 6.58. The smallest absolute Gasteiger partial charge is 0.0929 e. The largest absolute Gasteiger partial charge is 0.314 e. The lowest BCUT2D eigenvalue weighted by Gasteiger charge is -2.05. The molecule has 2 heteroatoms. The van der Waals surface area contributed by atoms with Crippen LogP contribution in [0.3, 0.4) is 0 Å². The summed E-state index contributed by atoms with van der Waals surface area (Å²) in [6.07, 6.45) is 5.18. The Kier molecular flexibility index (Phi) is 2.70. The van der Waals surface area contributed by atoms with Gasteiger partial charge in [-0.3, -0.25) is 0 Å². The van der Waals surface area contributed by atoms with Crippen LogP contribution in [0.4, 0.5) is 0 Å². The molecular formula is C9H8BrN. The van der Waals surface area contributed by atoms with Crippen LogP contribution in [0.25, 0.3) is 0 Å². The Morgan fingerprint density at radius 1 is 1.45 bits per heavy atom. The number of halogens is 1. The third kappa shape index (κ3) is 1.83. The van der Waals surface area contributed by atoms with Gasteiger partial charge in [0.15, 0.2) is 0 Å². The zero-order valence-electron chi connectivity index (χ0n) is 5.92. The molecular weight excluding hydrogens is 202 g/mol. The van der Waals surface area contributed by atoms with Gasteiger partial charge in [0, 0.05) is 4.47 Å². The van der Waals surface area contributed by atoms with E-state index in [1.54, 1.807) is 0 Å². The van der Waals surface area contributed by atoms with Crippen molar-refractivity contribution in [2.45, 2.75) is 6.04 Å². The highest BCUT2D eigenvalue weighted by molar-refractivity contribution is 9.10. The summed E-state index contributed by atoms with van der Waals surface area (Å²) in [4.78, 5) is 0. The molecule has 0 heterocycles. The maximum Gasteiger partial charge on any atom is 0.0929 e. The average molecular weight is 210 g/mol. The number of nitrogens with two attached hydrogens (primary N) is 1. The summed E-state index contributed by atoms with van der Waals surface area (Å²) in [5.74, 6) is 2.47. The maximum absolute atomic E-state index is 5.63. The fourth-order valence-corrected chi connectivity index (χ4v) is 1.35. The molecule has 0 bridgehead atoms. The highest BCUT2D eigenvalue weighted by Crippen LogP contribution is 2.20. The van der Waals surface area contributed by atoms with Gasteiger partial charge >= 0.3 is 0 Å². The molecule has 0 spiro atoms. The topological polar surface area (TPSA) is 26.0 Å². The number of hydrogen-bond donors (Lipinski definition) is 1. The second kappa shape index (κ2) is 3.56. The van der Waals surface area contributed by atoms with E-state index >= 15 is 0 Å². The van der Waals surface area contributed by atoms with E-state index in [1.807, 2.05) is 24.3 Å². The molecule has 0 aliphatic rings. The van der Waals surface area contributed by atoms with Crippen molar-refractivity contribution in [3.63, 3.8) is 0 Å². The van der Waals surface area contributed by atoms with Crippen LogP contribution in [0.15, 0.2) is 28.7 Å². The normalized spacial score (nSPS) is 12.1. The van der Waals surface area contributed by atoms with Gasteiger partial charge < -0.3 is 5.73 Å². The molecule has 2 N–H and O–H groups in total. The van der Waals surface area contributed by atoms with Crippen molar-refractivity contribution in [2.75, 3.05) is 0 Å². The Hall–Kier alpha value is -0.780. The molecule has 1 nitrogen and oxygen atoms in total. The van der Waals surface area contributed by atoms with Gasteiger partial charge in [-0.15, -0.1) is 6.42 Å². The highest BCUT2D eigenvalue weighted by atomic mass is 79.9. The molecule has 11 heavy (non-hydrogen) atoms. The van der Waals surface area contributed by atoms with Crippen molar-refractivity contribution in [3.05, 3.63) is 34.3 Å². The number of rotatable bonds is 1. The Morgan fingerprint density at radius 3 is 2.64 bits per heavy atom. The summed E-state index contributed by atoms with van der Waals surface area (Å²) < 4.78 is 0.963. The lowest BCUT2D eigenvalue weighted by molar-refractivity contribution is 0.939. The van der Waals surface area contributed by atoms with Crippen LogP contribution in [-0.4, -0.2) is 0 Å². The van der Waals surface area contributed by atoms with Crippen molar-refractivity contribution in [2.24, 2.45) is 5.73 Å². The second-order valence-corrected chi connectivity index (χ2v) is 3.02. The average Bonchev–Trinajstić information content (AvgIpc) is 2.04. The van der Waals surface area contributed by atoms with Crippen molar-refractivity contribution in [3.8, 4) is 12.3 Å². The molecule has 0 aliphatic carbocycles. The first kappa shape index (κ1) is 8.32. The molecule has 1 aromatic carbocycles. The van der Waals surface area contributed by atoms with Crippen molar-refractivity contribution in [1.82, 2.24) is 0 Å². The van der Waals surface area contributed by atoms with Crippen LogP contribution in [0.2, 0.25) is 0 Å². The van der Waals surface area contributed by atoms with Crippen LogP contribution < -0.4 is 5.73 Å². The van der Waals surface area contributed by atoms with Gasteiger partial charge in [0.1, 0.15) is 0 Å². The van der Waals surface area contributed by atoms with Gasteiger partial charge in [0.25, 0.3) is 0 Å². The molecule has 0 fully saturated rings. The van der Waals surface area contributed by atoms with Crippen LogP contribution >= 0.6 is 15.9 Å². The standard InChI is InChI=1S/C9H8BrN/c1-2-9(11)7-5-3-4-6-8(7)10/h1,3-6,9H,11H2/t9-/m1/s1.